The topological polar surface area (TPSA) is 103 Å². The van der Waals surface area contributed by atoms with Gasteiger partial charge in [-0.3, -0.25) is 14.8 Å². The van der Waals surface area contributed by atoms with Gasteiger partial charge in [0.25, 0.3) is 5.91 Å². The number of ether oxygens (including phenoxy) is 3. The first-order chi connectivity index (χ1) is 21.5. The van der Waals surface area contributed by atoms with Gasteiger partial charge in [0.15, 0.2) is 0 Å². The van der Waals surface area contributed by atoms with Crippen molar-refractivity contribution in [1.29, 1.82) is 0 Å². The maximum Gasteiger partial charge on any atom is 0.410 e. The zero-order chi connectivity index (χ0) is 31.8. The number of carbonyl (C=O) groups is 2. The number of hydrogen-bond donors (Lipinski definition) is 1. The molecule has 45 heavy (non-hydrogen) atoms. The number of hydrogen-bond acceptors (Lipinski definition) is 7. The van der Waals surface area contributed by atoms with Crippen LogP contribution in [0.3, 0.4) is 0 Å². The number of pyridine rings is 2. The number of nitrogens with one attached hydrogen (secondary N) is 1. The van der Waals surface area contributed by atoms with Crippen LogP contribution in [0.4, 0.5) is 9.18 Å². The Morgan fingerprint density at radius 3 is 2.47 bits per heavy atom. The van der Waals surface area contributed by atoms with Crippen molar-refractivity contribution in [2.75, 3.05) is 26.3 Å². The normalized spacial score (nSPS) is 19.4. The van der Waals surface area contributed by atoms with E-state index < -0.39 is 5.60 Å². The third kappa shape index (κ3) is 7.01. The van der Waals surface area contributed by atoms with E-state index >= 15 is 0 Å². The smallest absolute Gasteiger partial charge is 0.410 e. The highest BCUT2D eigenvalue weighted by Crippen LogP contribution is 2.54. The molecule has 0 bridgehead atoms. The number of likely N-dealkylation sites (tertiary alicyclic amines) is 1. The molecule has 3 aromatic rings. The second kappa shape index (κ2) is 12.2. The average molecular weight is 615 g/mol. The van der Waals surface area contributed by atoms with E-state index in [1.165, 1.54) is 23.9 Å². The first-order valence-electron chi connectivity index (χ1n) is 15.4. The Hall–Kier alpha value is -4.31. The number of nitrogens with zero attached hydrogens (tertiary/aromatic N) is 3. The van der Waals surface area contributed by atoms with Gasteiger partial charge in [-0.15, -0.1) is 0 Å². The van der Waals surface area contributed by atoms with Crippen molar-refractivity contribution in [1.82, 2.24) is 20.2 Å². The summed E-state index contributed by atoms with van der Waals surface area (Å²) in [5, 5.41) is 3.02. The minimum absolute atomic E-state index is 0.0329. The number of carbonyl (C=O) groups excluding carboxylic acids is 2. The molecule has 9 nitrogen and oxygen atoms in total. The highest BCUT2D eigenvalue weighted by atomic mass is 19.1. The monoisotopic (exact) mass is 614 g/mol. The lowest BCUT2D eigenvalue weighted by atomic mass is 9.59. The van der Waals surface area contributed by atoms with E-state index in [0.717, 1.165) is 41.7 Å². The molecule has 3 fully saturated rings. The molecule has 2 aromatic heterocycles. The van der Waals surface area contributed by atoms with Crippen molar-refractivity contribution in [3.63, 3.8) is 0 Å². The first kappa shape index (κ1) is 30.7. The van der Waals surface area contributed by atoms with Crippen LogP contribution in [-0.2, 0) is 9.47 Å². The molecule has 4 heterocycles. The molecule has 1 spiro atoms. The van der Waals surface area contributed by atoms with Gasteiger partial charge < -0.3 is 24.4 Å². The van der Waals surface area contributed by atoms with E-state index in [1.807, 2.05) is 39.8 Å². The minimum atomic E-state index is -0.527. The standard InChI is InChI=1S/C35H39FN4O5/c1-22(39-32(41)25-13-29(18-37-16-25)44-28-11-12-43-19-28)24-7-10-30(38-17-24)31(23-5-8-27(36)9-6-23)26-14-35(15-26)20-40(21-35)33(42)45-34(2,3)4/h5-10,13,16-18,22,28H,11-12,14-15,19-21H2,1-4H3,(H,39,41)/t22-,28-/m1/s1. The zero-order valence-corrected chi connectivity index (χ0v) is 26.1. The van der Waals surface area contributed by atoms with Crippen LogP contribution < -0.4 is 10.1 Å². The van der Waals surface area contributed by atoms with Gasteiger partial charge >= 0.3 is 6.09 Å². The van der Waals surface area contributed by atoms with Crippen LogP contribution in [0.2, 0.25) is 0 Å². The molecule has 2 aliphatic heterocycles. The van der Waals surface area contributed by atoms with Gasteiger partial charge in [0, 0.05) is 42.9 Å². The van der Waals surface area contributed by atoms with Gasteiger partial charge in [-0.1, -0.05) is 23.8 Å². The molecule has 2 amide bonds. The summed E-state index contributed by atoms with van der Waals surface area (Å²) >= 11 is 0. The molecule has 1 N–H and O–H groups in total. The van der Waals surface area contributed by atoms with E-state index in [9.17, 15) is 14.0 Å². The highest BCUT2D eigenvalue weighted by molar-refractivity contribution is 5.94. The van der Waals surface area contributed by atoms with Crippen LogP contribution in [0.1, 0.15) is 80.2 Å². The molecule has 2 saturated heterocycles. The molecule has 10 heteroatoms. The first-order valence-corrected chi connectivity index (χ1v) is 15.4. The highest BCUT2D eigenvalue weighted by Gasteiger charge is 2.53. The molecule has 236 valence electrons. The predicted octanol–water partition coefficient (Wildman–Crippen LogP) is 6.11. The second-order valence-electron chi connectivity index (χ2n) is 13.4. The van der Waals surface area contributed by atoms with Crippen LogP contribution >= 0.6 is 0 Å². The molecule has 0 radical (unpaired) electrons. The summed E-state index contributed by atoms with van der Waals surface area (Å²) in [5.74, 6) is -0.0229. The van der Waals surface area contributed by atoms with E-state index in [1.54, 1.807) is 35.5 Å². The number of benzene rings is 1. The van der Waals surface area contributed by atoms with Gasteiger partial charge in [0.05, 0.1) is 36.7 Å². The fourth-order valence-electron chi connectivity index (χ4n) is 6.20. The van der Waals surface area contributed by atoms with Crippen molar-refractivity contribution in [3.05, 3.63) is 94.8 Å². The van der Waals surface area contributed by atoms with Gasteiger partial charge in [-0.2, -0.15) is 0 Å². The van der Waals surface area contributed by atoms with Gasteiger partial charge in [-0.25, -0.2) is 9.18 Å². The minimum Gasteiger partial charge on any atom is -0.486 e. The number of halogens is 1. The molecule has 1 aromatic carbocycles. The summed E-state index contributed by atoms with van der Waals surface area (Å²) in [5.41, 5.74) is 4.65. The van der Waals surface area contributed by atoms with Crippen molar-refractivity contribution in [2.24, 2.45) is 5.41 Å². The van der Waals surface area contributed by atoms with Gasteiger partial charge in [0.1, 0.15) is 23.3 Å². The largest absolute Gasteiger partial charge is 0.486 e. The molecule has 6 rings (SSSR count). The number of allylic oxidation sites excluding steroid dienone is 1. The summed E-state index contributed by atoms with van der Waals surface area (Å²) < 4.78 is 30.6. The van der Waals surface area contributed by atoms with Crippen molar-refractivity contribution in [2.45, 2.75) is 64.7 Å². The van der Waals surface area contributed by atoms with Crippen molar-refractivity contribution in [3.8, 4) is 5.75 Å². The van der Waals surface area contributed by atoms with E-state index in [2.05, 4.69) is 10.3 Å². The van der Waals surface area contributed by atoms with Crippen LogP contribution in [0.15, 0.2) is 66.6 Å². The fraction of sp³-hybridized carbons (Fsp3) is 0.429. The molecular weight excluding hydrogens is 575 g/mol. The summed E-state index contributed by atoms with van der Waals surface area (Å²) in [6.45, 7) is 10.0. The maximum absolute atomic E-state index is 13.8. The molecule has 2 atom stereocenters. The predicted molar refractivity (Wildman–Crippen MR) is 166 cm³/mol. The van der Waals surface area contributed by atoms with Crippen LogP contribution in [-0.4, -0.2) is 64.9 Å². The van der Waals surface area contributed by atoms with Crippen LogP contribution in [0, 0.1) is 11.2 Å². The quantitative estimate of drug-likeness (QED) is 0.343. The van der Waals surface area contributed by atoms with Crippen LogP contribution in [0.25, 0.3) is 5.57 Å². The Balaban J connectivity index is 1.14. The second-order valence-corrected chi connectivity index (χ2v) is 13.4. The summed E-state index contributed by atoms with van der Waals surface area (Å²) in [4.78, 5) is 36.3. The third-order valence-electron chi connectivity index (χ3n) is 8.42. The van der Waals surface area contributed by atoms with E-state index in [4.69, 9.17) is 19.2 Å². The summed E-state index contributed by atoms with van der Waals surface area (Å²) in [6.07, 6.45) is 7.05. The zero-order valence-electron chi connectivity index (χ0n) is 26.1. The molecule has 1 saturated carbocycles. The lowest BCUT2D eigenvalue weighted by molar-refractivity contribution is -0.0500. The fourth-order valence-corrected chi connectivity index (χ4v) is 6.20. The average Bonchev–Trinajstić information content (AvgIpc) is 3.46. The number of amides is 2. The number of aromatic nitrogens is 2. The molecule has 1 aliphatic carbocycles. The summed E-state index contributed by atoms with van der Waals surface area (Å²) in [7, 11) is 0. The van der Waals surface area contributed by atoms with E-state index in [-0.39, 0.29) is 35.4 Å². The SMILES string of the molecule is C[C@@H](NC(=O)c1cncc(O[C@@H]2CCOC2)c1)c1ccc(C(=C2CC3(C2)CN(C(=O)OC(C)(C)C)C3)c2ccc(F)cc2)nc1. The Morgan fingerprint density at radius 2 is 1.82 bits per heavy atom. The molecular formula is C35H39FN4O5. The molecule has 0 unspecified atom stereocenters. The Labute approximate surface area is 262 Å². The third-order valence-corrected chi connectivity index (χ3v) is 8.42. The van der Waals surface area contributed by atoms with Gasteiger partial charge in [0.2, 0.25) is 0 Å². The Kier molecular flexibility index (Phi) is 8.35. The Morgan fingerprint density at radius 1 is 1.07 bits per heavy atom. The van der Waals surface area contributed by atoms with Crippen molar-refractivity contribution < 1.29 is 28.2 Å². The maximum atomic E-state index is 13.8. The lowest BCUT2D eigenvalue weighted by Gasteiger charge is -2.57. The Bertz CT molecular complexity index is 1580. The van der Waals surface area contributed by atoms with Gasteiger partial charge in [-0.05, 0) is 75.9 Å². The van der Waals surface area contributed by atoms with Crippen LogP contribution in [0.5, 0.6) is 5.75 Å². The molecule has 3 aliphatic rings. The van der Waals surface area contributed by atoms with E-state index in [0.29, 0.717) is 37.6 Å². The lowest BCUT2D eigenvalue weighted by Crippen LogP contribution is -2.62. The van der Waals surface area contributed by atoms with Crippen molar-refractivity contribution >= 4 is 17.6 Å². The number of rotatable bonds is 7. The summed E-state index contributed by atoms with van der Waals surface area (Å²) in [6, 6.07) is 11.8.